The maximum Gasteiger partial charge on any atom is 0.443 e. The average molecular weight is 703 g/mol. The molecule has 50 heavy (non-hydrogen) atoms. The second-order valence-corrected chi connectivity index (χ2v) is 15.0. The SMILES string of the molecule is O=C(c1ccccc1)C(C(C(=O)c1ccccc1)P(=O)(Oc1ccccc1)Oc1ccccc1)P(=O)(Oc1ccccc1)Oc1ccccc1. The van der Waals surface area contributed by atoms with Gasteiger partial charge in [-0.2, -0.15) is 0 Å². The molecule has 2 atom stereocenters. The Morgan fingerprint density at radius 1 is 0.340 bits per heavy atom. The van der Waals surface area contributed by atoms with Gasteiger partial charge < -0.3 is 18.1 Å². The Hall–Kier alpha value is -5.68. The molecule has 6 rings (SSSR count). The van der Waals surface area contributed by atoms with Crippen molar-refractivity contribution in [3.63, 3.8) is 0 Å². The van der Waals surface area contributed by atoms with Crippen LogP contribution in [-0.2, 0) is 9.13 Å². The molecule has 0 amide bonds. The second kappa shape index (κ2) is 15.7. The first-order valence-corrected chi connectivity index (χ1v) is 18.9. The maximum absolute atomic E-state index is 15.7. The fourth-order valence-corrected chi connectivity index (χ4v) is 10.2. The Kier molecular flexibility index (Phi) is 10.7. The number of ketones is 2. The molecule has 10 heteroatoms. The minimum atomic E-state index is -4.93. The summed E-state index contributed by atoms with van der Waals surface area (Å²) in [6.07, 6.45) is 0. The van der Waals surface area contributed by atoms with Crippen molar-refractivity contribution in [3.8, 4) is 23.0 Å². The summed E-state index contributed by atoms with van der Waals surface area (Å²) in [5.41, 5.74) is -3.97. The highest BCUT2D eigenvalue weighted by molar-refractivity contribution is 7.61. The predicted molar refractivity (Wildman–Crippen MR) is 193 cm³/mol. The van der Waals surface area contributed by atoms with Crippen LogP contribution in [0.4, 0.5) is 0 Å². The van der Waals surface area contributed by atoms with Crippen LogP contribution in [0.1, 0.15) is 20.7 Å². The molecule has 8 nitrogen and oxygen atoms in total. The highest BCUT2D eigenvalue weighted by atomic mass is 31.2. The predicted octanol–water partition coefficient (Wildman–Crippen LogP) is 10.2. The standard InChI is InChI=1S/C40H32O8P2/c41-37(31-19-7-1-8-20-31)39(49(43,45-33-23-11-3-12-24-33)46-34-25-13-4-14-26-34)40(38(42)32-21-9-2-10-22-32)50(44,47-35-27-15-5-16-28-35)48-36-29-17-6-18-30-36/h1-30,39-40H. The van der Waals surface area contributed by atoms with Crippen molar-refractivity contribution in [1.82, 2.24) is 0 Å². The summed E-state index contributed by atoms with van der Waals surface area (Å²) in [5, 5.41) is 0. The highest BCUT2D eigenvalue weighted by Crippen LogP contribution is 2.64. The fourth-order valence-electron chi connectivity index (χ4n) is 5.24. The summed E-state index contributed by atoms with van der Waals surface area (Å²) in [5.74, 6) is -1.30. The molecule has 0 aliphatic heterocycles. The van der Waals surface area contributed by atoms with Crippen molar-refractivity contribution >= 4 is 26.8 Å². The zero-order chi connectivity index (χ0) is 34.8. The molecule has 0 saturated heterocycles. The quantitative estimate of drug-likeness (QED) is 0.0769. The van der Waals surface area contributed by atoms with Crippen LogP contribution in [-0.4, -0.2) is 22.9 Å². The van der Waals surface area contributed by atoms with Crippen LogP contribution in [0, 0.1) is 0 Å². The molecule has 0 N–H and O–H groups in total. The largest absolute Gasteiger partial charge is 0.443 e. The topological polar surface area (TPSA) is 105 Å². The van der Waals surface area contributed by atoms with Gasteiger partial charge in [-0.3, -0.25) is 9.59 Å². The number of Topliss-reactive ketones (excluding diaryl/α,β-unsaturated/α-hetero) is 2. The normalized spacial score (nSPS) is 12.6. The second-order valence-electron chi connectivity index (χ2n) is 11.0. The lowest BCUT2D eigenvalue weighted by Gasteiger charge is -2.34. The van der Waals surface area contributed by atoms with Gasteiger partial charge in [0, 0.05) is 11.1 Å². The lowest BCUT2D eigenvalue weighted by atomic mass is 10.0. The van der Waals surface area contributed by atoms with E-state index >= 15 is 9.13 Å². The third kappa shape index (κ3) is 8.12. The summed E-state index contributed by atoms with van der Waals surface area (Å²) in [4.78, 5) is 30.0. The van der Waals surface area contributed by atoms with Gasteiger partial charge in [0.25, 0.3) is 0 Å². The van der Waals surface area contributed by atoms with Crippen LogP contribution in [0.15, 0.2) is 182 Å². The number of carbonyl (C=O) groups is 2. The van der Waals surface area contributed by atoms with Crippen molar-refractivity contribution in [2.75, 3.05) is 0 Å². The molecule has 6 aromatic carbocycles. The Labute approximate surface area is 290 Å². The zero-order valence-electron chi connectivity index (χ0n) is 26.6. The smallest absolute Gasteiger partial charge is 0.416 e. The van der Waals surface area contributed by atoms with E-state index in [9.17, 15) is 9.59 Å². The van der Waals surface area contributed by atoms with E-state index in [-0.39, 0.29) is 34.1 Å². The Bertz CT molecular complexity index is 1850. The van der Waals surface area contributed by atoms with E-state index in [1.165, 1.54) is 24.3 Å². The maximum atomic E-state index is 15.7. The molecule has 0 radical (unpaired) electrons. The van der Waals surface area contributed by atoms with Gasteiger partial charge in [-0.25, -0.2) is 9.13 Å². The molecule has 0 saturated carbocycles. The first-order chi connectivity index (χ1) is 24.3. The van der Waals surface area contributed by atoms with Crippen LogP contribution < -0.4 is 18.1 Å². The van der Waals surface area contributed by atoms with E-state index in [4.69, 9.17) is 18.1 Å². The van der Waals surface area contributed by atoms with E-state index in [2.05, 4.69) is 0 Å². The molecule has 0 heterocycles. The number of benzene rings is 6. The van der Waals surface area contributed by atoms with Crippen molar-refractivity contribution in [3.05, 3.63) is 193 Å². The number of para-hydroxylation sites is 4. The Balaban J connectivity index is 1.64. The first-order valence-electron chi connectivity index (χ1n) is 15.7. The van der Waals surface area contributed by atoms with Gasteiger partial charge in [0.1, 0.15) is 23.0 Å². The molecule has 0 aromatic heterocycles. The number of hydrogen-bond acceptors (Lipinski definition) is 8. The van der Waals surface area contributed by atoms with Gasteiger partial charge in [0.2, 0.25) is 0 Å². The monoisotopic (exact) mass is 702 g/mol. The molecule has 0 bridgehead atoms. The summed E-state index contributed by atoms with van der Waals surface area (Å²) in [7, 11) is -9.87. The molecule has 0 aliphatic rings. The zero-order valence-corrected chi connectivity index (χ0v) is 28.4. The summed E-state index contributed by atoms with van der Waals surface area (Å²) in [6, 6.07) is 48.5. The molecular weight excluding hydrogens is 670 g/mol. The van der Waals surface area contributed by atoms with Crippen LogP contribution in [0.3, 0.4) is 0 Å². The van der Waals surface area contributed by atoms with E-state index < -0.39 is 38.1 Å². The van der Waals surface area contributed by atoms with Crippen LogP contribution >= 0.6 is 15.2 Å². The molecule has 0 spiro atoms. The fraction of sp³-hybridized carbons (Fsp3) is 0.0500. The number of rotatable bonds is 15. The minimum absolute atomic E-state index is 0.0721. The molecule has 250 valence electrons. The summed E-state index contributed by atoms with van der Waals surface area (Å²) in [6.45, 7) is 0. The lowest BCUT2D eigenvalue weighted by Crippen LogP contribution is -2.44. The highest BCUT2D eigenvalue weighted by Gasteiger charge is 2.61. The van der Waals surface area contributed by atoms with Crippen LogP contribution in [0.2, 0.25) is 0 Å². The van der Waals surface area contributed by atoms with E-state index in [1.807, 2.05) is 0 Å². The lowest BCUT2D eigenvalue weighted by molar-refractivity contribution is 0.0907. The van der Waals surface area contributed by atoms with Crippen molar-refractivity contribution in [2.45, 2.75) is 11.3 Å². The average Bonchev–Trinajstić information content (AvgIpc) is 3.15. The van der Waals surface area contributed by atoms with Gasteiger partial charge in [-0.1, -0.05) is 133 Å². The number of hydrogen-bond donors (Lipinski definition) is 0. The van der Waals surface area contributed by atoms with E-state index in [0.29, 0.717) is 0 Å². The summed E-state index contributed by atoms with van der Waals surface area (Å²) >= 11 is 0. The number of carbonyl (C=O) groups excluding carboxylic acids is 2. The van der Waals surface area contributed by atoms with Gasteiger partial charge in [0.05, 0.1) is 0 Å². The van der Waals surface area contributed by atoms with Gasteiger partial charge in [-0.15, -0.1) is 0 Å². The van der Waals surface area contributed by atoms with Crippen molar-refractivity contribution < 1.29 is 36.8 Å². The molecule has 6 aromatic rings. The van der Waals surface area contributed by atoms with Crippen LogP contribution in [0.25, 0.3) is 0 Å². The van der Waals surface area contributed by atoms with Gasteiger partial charge in [0.15, 0.2) is 22.9 Å². The summed E-state index contributed by atoms with van der Waals surface area (Å²) < 4.78 is 56.3. The Morgan fingerprint density at radius 3 is 0.760 bits per heavy atom. The van der Waals surface area contributed by atoms with Crippen LogP contribution in [0.5, 0.6) is 23.0 Å². The molecular formula is C40H32O8P2. The minimum Gasteiger partial charge on any atom is -0.416 e. The van der Waals surface area contributed by atoms with Crippen molar-refractivity contribution in [2.24, 2.45) is 0 Å². The molecule has 0 aliphatic carbocycles. The van der Waals surface area contributed by atoms with E-state index in [0.717, 1.165) is 0 Å². The molecule has 2 unspecified atom stereocenters. The van der Waals surface area contributed by atoms with E-state index in [1.54, 1.807) is 158 Å². The third-order valence-corrected chi connectivity index (χ3v) is 12.1. The molecule has 0 fully saturated rings. The Morgan fingerprint density at radius 2 is 0.540 bits per heavy atom. The first kappa shape index (κ1) is 34.2. The third-order valence-electron chi connectivity index (χ3n) is 7.54. The van der Waals surface area contributed by atoms with Gasteiger partial charge in [-0.05, 0) is 48.5 Å². The van der Waals surface area contributed by atoms with Crippen molar-refractivity contribution in [1.29, 1.82) is 0 Å². The van der Waals surface area contributed by atoms with Gasteiger partial charge >= 0.3 is 15.2 Å².